The Bertz CT molecular complexity index is 734. The van der Waals surface area contributed by atoms with Crippen LogP contribution in [0.1, 0.15) is 0 Å². The summed E-state index contributed by atoms with van der Waals surface area (Å²) in [5.74, 6) is 0.721. The first-order valence-electron chi connectivity index (χ1n) is 5.76. The van der Waals surface area contributed by atoms with Crippen molar-refractivity contribution in [3.05, 3.63) is 47.7 Å². The van der Waals surface area contributed by atoms with E-state index in [1.807, 2.05) is 30.3 Å². The Kier molecular flexibility index (Phi) is 2.80. The minimum atomic E-state index is 0.606. The number of benzene rings is 1. The predicted molar refractivity (Wildman–Crippen MR) is 76.6 cm³/mol. The molecule has 0 radical (unpaired) electrons. The van der Waals surface area contributed by atoms with E-state index in [2.05, 4.69) is 5.10 Å². The maximum absolute atomic E-state index is 6.21. The summed E-state index contributed by atoms with van der Waals surface area (Å²) in [5, 5.41) is 4.82. The van der Waals surface area contributed by atoms with Crippen LogP contribution in [0.5, 0.6) is 5.75 Å². The van der Waals surface area contributed by atoms with Gasteiger partial charge in [-0.05, 0) is 23.8 Å². The van der Waals surface area contributed by atoms with Crippen LogP contribution in [-0.2, 0) is 0 Å². The normalized spacial score (nSPS) is 10.8. The molecule has 0 saturated carbocycles. The van der Waals surface area contributed by atoms with Gasteiger partial charge in [0.25, 0.3) is 0 Å². The van der Waals surface area contributed by atoms with Crippen LogP contribution >= 0.6 is 11.6 Å². The molecule has 1 aromatic carbocycles. The molecule has 0 fully saturated rings. The van der Waals surface area contributed by atoms with E-state index in [9.17, 15) is 0 Å². The number of nitrogen functional groups attached to an aromatic ring is 1. The molecule has 3 rings (SSSR count). The first-order chi connectivity index (χ1) is 9.19. The molecule has 0 atom stereocenters. The van der Waals surface area contributed by atoms with E-state index in [0.29, 0.717) is 5.02 Å². The first kappa shape index (κ1) is 11.9. The van der Waals surface area contributed by atoms with Crippen LogP contribution in [0.3, 0.4) is 0 Å². The Morgan fingerprint density at radius 3 is 2.68 bits per heavy atom. The highest BCUT2D eigenvalue weighted by Crippen LogP contribution is 2.33. The zero-order chi connectivity index (χ0) is 13.4. The monoisotopic (exact) mass is 273 g/mol. The summed E-state index contributed by atoms with van der Waals surface area (Å²) in [7, 11) is 1.62. The van der Waals surface area contributed by atoms with Gasteiger partial charge < -0.3 is 10.5 Å². The number of aromatic nitrogens is 2. The summed E-state index contributed by atoms with van der Waals surface area (Å²) < 4.78 is 7.00. The van der Waals surface area contributed by atoms with Gasteiger partial charge in [-0.25, -0.2) is 4.52 Å². The van der Waals surface area contributed by atoms with Gasteiger partial charge in [0, 0.05) is 11.3 Å². The second kappa shape index (κ2) is 4.48. The number of hydrogen-bond donors (Lipinski definition) is 1. The predicted octanol–water partition coefficient (Wildman–Crippen LogP) is 3.25. The Labute approximate surface area is 115 Å². The van der Waals surface area contributed by atoms with Gasteiger partial charge in [-0.1, -0.05) is 23.7 Å². The molecule has 0 aliphatic carbocycles. The fourth-order valence-corrected chi connectivity index (χ4v) is 2.29. The van der Waals surface area contributed by atoms with Crippen molar-refractivity contribution in [2.45, 2.75) is 0 Å². The number of methoxy groups -OCH3 is 1. The van der Waals surface area contributed by atoms with Crippen molar-refractivity contribution in [2.24, 2.45) is 0 Å². The van der Waals surface area contributed by atoms with E-state index in [0.717, 1.165) is 28.1 Å². The lowest BCUT2D eigenvalue weighted by Gasteiger charge is -2.08. The topological polar surface area (TPSA) is 52.5 Å². The molecule has 0 unspecified atom stereocenters. The fourth-order valence-electron chi connectivity index (χ4n) is 2.05. The molecule has 0 saturated heterocycles. The van der Waals surface area contributed by atoms with Crippen LogP contribution in [0, 0.1) is 0 Å². The Balaban J connectivity index is 2.31. The number of halogens is 1. The van der Waals surface area contributed by atoms with Crippen molar-refractivity contribution in [1.29, 1.82) is 0 Å². The lowest BCUT2D eigenvalue weighted by Crippen LogP contribution is -1.93. The molecule has 2 aromatic heterocycles. The minimum Gasteiger partial charge on any atom is -0.495 e. The number of fused-ring (bicyclic) bond motifs is 1. The van der Waals surface area contributed by atoms with Crippen LogP contribution in [-0.4, -0.2) is 16.7 Å². The number of hydrogen-bond acceptors (Lipinski definition) is 3. The minimum absolute atomic E-state index is 0.606. The van der Waals surface area contributed by atoms with Crippen molar-refractivity contribution >= 4 is 22.8 Å². The largest absolute Gasteiger partial charge is 0.495 e. The average Bonchev–Trinajstić information content (AvgIpc) is 2.80. The highest BCUT2D eigenvalue weighted by Gasteiger charge is 2.11. The molecule has 19 heavy (non-hydrogen) atoms. The van der Waals surface area contributed by atoms with Crippen molar-refractivity contribution in [2.75, 3.05) is 12.8 Å². The number of rotatable bonds is 2. The van der Waals surface area contributed by atoms with Crippen molar-refractivity contribution in [1.82, 2.24) is 9.61 Å². The SMILES string of the molecule is COc1cc(-c2ccc(N)cc2)c2c(Cl)cnn2c1. The summed E-state index contributed by atoms with van der Waals surface area (Å²) in [6.07, 6.45) is 3.42. The second-order valence-corrected chi connectivity index (χ2v) is 4.61. The van der Waals surface area contributed by atoms with Crippen molar-refractivity contribution in [3.63, 3.8) is 0 Å². The van der Waals surface area contributed by atoms with E-state index in [4.69, 9.17) is 22.1 Å². The van der Waals surface area contributed by atoms with Crippen LogP contribution < -0.4 is 10.5 Å². The van der Waals surface area contributed by atoms with E-state index in [1.165, 1.54) is 0 Å². The molecule has 4 nitrogen and oxygen atoms in total. The average molecular weight is 274 g/mol. The van der Waals surface area contributed by atoms with Gasteiger partial charge in [-0.2, -0.15) is 5.10 Å². The maximum atomic E-state index is 6.21. The Morgan fingerprint density at radius 2 is 2.00 bits per heavy atom. The zero-order valence-electron chi connectivity index (χ0n) is 10.3. The lowest BCUT2D eigenvalue weighted by molar-refractivity contribution is 0.412. The lowest BCUT2D eigenvalue weighted by atomic mass is 10.0. The first-order valence-corrected chi connectivity index (χ1v) is 6.13. The molecule has 5 heteroatoms. The number of anilines is 1. The highest BCUT2D eigenvalue weighted by atomic mass is 35.5. The smallest absolute Gasteiger partial charge is 0.137 e. The molecular weight excluding hydrogens is 262 g/mol. The quantitative estimate of drug-likeness (QED) is 0.729. The van der Waals surface area contributed by atoms with Gasteiger partial charge in [0.2, 0.25) is 0 Å². The molecule has 96 valence electrons. The van der Waals surface area contributed by atoms with Crippen LogP contribution in [0.2, 0.25) is 5.02 Å². The molecule has 0 amide bonds. The summed E-state index contributed by atoms with van der Waals surface area (Å²) in [5.41, 5.74) is 9.27. The Morgan fingerprint density at radius 1 is 1.26 bits per heavy atom. The van der Waals surface area contributed by atoms with Crippen molar-refractivity contribution < 1.29 is 4.74 Å². The van der Waals surface area contributed by atoms with Crippen LogP contribution in [0.4, 0.5) is 5.69 Å². The standard InChI is InChI=1S/C14H12ClN3O/c1-19-11-6-12(9-2-4-10(16)5-3-9)14-13(15)7-17-18(14)8-11/h2-8H,16H2,1H3. The summed E-state index contributed by atoms with van der Waals surface area (Å²) in [6, 6.07) is 9.56. The summed E-state index contributed by atoms with van der Waals surface area (Å²) >= 11 is 6.21. The molecule has 0 bridgehead atoms. The molecule has 3 aromatic rings. The third-order valence-electron chi connectivity index (χ3n) is 3.00. The number of nitrogens with zero attached hydrogens (tertiary/aromatic N) is 2. The van der Waals surface area contributed by atoms with E-state index in [-0.39, 0.29) is 0 Å². The highest BCUT2D eigenvalue weighted by molar-refractivity contribution is 6.34. The molecular formula is C14H12ClN3O. The van der Waals surface area contributed by atoms with Crippen LogP contribution in [0.25, 0.3) is 16.6 Å². The third-order valence-corrected chi connectivity index (χ3v) is 3.28. The van der Waals surface area contributed by atoms with Gasteiger partial charge in [0.15, 0.2) is 0 Å². The van der Waals surface area contributed by atoms with Gasteiger partial charge in [0.1, 0.15) is 5.75 Å². The van der Waals surface area contributed by atoms with Gasteiger partial charge >= 0.3 is 0 Å². The van der Waals surface area contributed by atoms with Gasteiger partial charge in [-0.15, -0.1) is 0 Å². The second-order valence-electron chi connectivity index (χ2n) is 4.20. The molecule has 0 spiro atoms. The van der Waals surface area contributed by atoms with Gasteiger partial charge in [-0.3, -0.25) is 0 Å². The molecule has 2 N–H and O–H groups in total. The maximum Gasteiger partial charge on any atom is 0.137 e. The number of pyridine rings is 1. The van der Waals surface area contributed by atoms with E-state index in [1.54, 1.807) is 24.0 Å². The van der Waals surface area contributed by atoms with E-state index >= 15 is 0 Å². The molecule has 2 heterocycles. The zero-order valence-corrected chi connectivity index (χ0v) is 11.1. The molecule has 0 aliphatic rings. The van der Waals surface area contributed by atoms with Crippen LogP contribution in [0.15, 0.2) is 42.7 Å². The Hall–Kier alpha value is -2.20. The van der Waals surface area contributed by atoms with Gasteiger partial charge in [0.05, 0.1) is 30.0 Å². The van der Waals surface area contributed by atoms with E-state index < -0.39 is 0 Å². The number of nitrogens with two attached hydrogens (primary N) is 1. The summed E-state index contributed by atoms with van der Waals surface area (Å²) in [4.78, 5) is 0. The third kappa shape index (κ3) is 2.00. The number of ether oxygens (including phenoxy) is 1. The van der Waals surface area contributed by atoms with Crippen molar-refractivity contribution in [3.8, 4) is 16.9 Å². The summed E-state index contributed by atoms with van der Waals surface area (Å²) in [6.45, 7) is 0. The fraction of sp³-hybridized carbons (Fsp3) is 0.0714. The molecule has 0 aliphatic heterocycles.